The number of hydrogen-bond acceptors (Lipinski definition) is 12. The van der Waals surface area contributed by atoms with Crippen molar-refractivity contribution >= 4 is 40.7 Å². The number of thiazole rings is 1. The van der Waals surface area contributed by atoms with Crippen molar-refractivity contribution in [2.75, 3.05) is 44.4 Å². The zero-order chi connectivity index (χ0) is 55.9. The van der Waals surface area contributed by atoms with Gasteiger partial charge in [-0.1, -0.05) is 56.3 Å². The number of carbonyl (C=O) groups is 4. The third-order valence-electron chi connectivity index (χ3n) is 15.5. The van der Waals surface area contributed by atoms with Gasteiger partial charge in [-0.15, -0.1) is 11.3 Å². The van der Waals surface area contributed by atoms with E-state index in [-0.39, 0.29) is 61.3 Å². The number of aromatic amines is 1. The number of carbonyl (C=O) groups excluding carboxylic acids is 4. The standard InChI is InChI=1S/C62H73N7O9S/c1-8-67(47-21-25-76-26-22-47)53-29-46(28-51(40(53)6)58(71)64-33-52-38(4)27-39(5)66-59(52)72)42-17-19-49(20-18-42)77-23-11-12-24-78-55-30-43(57-41(7)65-36-79-57)15-16-44(55)32-63-60(73)54-31-48(70)35-68(54)62(75)56(37(2)3)69-34-45-13-9-10-14-50(45)61(69)74/h9-10,13-20,27-30,36-37,47-48,54,56,70H,8,11-12,21-26,31-35H2,1-7H3,(H,63,73)(H,64,71)(H,66,72)/t48-,54+,56+/m1/s1. The van der Waals surface area contributed by atoms with Gasteiger partial charge in [0.1, 0.15) is 23.6 Å². The maximum Gasteiger partial charge on any atom is 0.255 e. The van der Waals surface area contributed by atoms with E-state index in [1.807, 2.05) is 120 Å². The molecule has 0 saturated carbocycles. The molecule has 0 radical (unpaired) electrons. The summed E-state index contributed by atoms with van der Waals surface area (Å²) in [4.78, 5) is 82.6. The van der Waals surface area contributed by atoms with Crippen LogP contribution in [0.25, 0.3) is 21.6 Å². The predicted octanol–water partition coefficient (Wildman–Crippen LogP) is 8.83. The number of aromatic nitrogens is 2. The second kappa shape index (κ2) is 25.2. The smallest absolute Gasteiger partial charge is 0.255 e. The van der Waals surface area contributed by atoms with Gasteiger partial charge in [-0.05, 0) is 142 Å². The molecule has 4 amide bonds. The Bertz CT molecular complexity index is 3240. The fourth-order valence-corrected chi connectivity index (χ4v) is 12.1. The van der Waals surface area contributed by atoms with Crippen LogP contribution in [-0.4, -0.2) is 112 Å². The summed E-state index contributed by atoms with van der Waals surface area (Å²) in [6.07, 6.45) is 2.37. The molecule has 0 aliphatic carbocycles. The first kappa shape index (κ1) is 56.4. The molecule has 3 aliphatic heterocycles. The maximum atomic E-state index is 14.4. The summed E-state index contributed by atoms with van der Waals surface area (Å²) in [7, 11) is 0. The quantitative estimate of drug-likeness (QED) is 0.0503. The number of benzene rings is 4. The van der Waals surface area contributed by atoms with Gasteiger partial charge in [0.05, 0.1) is 35.4 Å². The minimum Gasteiger partial charge on any atom is -0.494 e. The number of pyridine rings is 1. The predicted molar refractivity (Wildman–Crippen MR) is 307 cm³/mol. The number of H-pyrrole nitrogens is 1. The molecule has 6 aromatic rings. The highest BCUT2D eigenvalue weighted by Crippen LogP contribution is 2.36. The lowest BCUT2D eigenvalue weighted by Gasteiger charge is -2.37. The second-order valence-corrected chi connectivity index (χ2v) is 22.2. The molecule has 0 spiro atoms. The van der Waals surface area contributed by atoms with Crippen molar-refractivity contribution in [1.29, 1.82) is 0 Å². The molecule has 5 heterocycles. The third-order valence-corrected chi connectivity index (χ3v) is 16.5. The molecule has 3 atom stereocenters. The van der Waals surface area contributed by atoms with Crippen molar-refractivity contribution in [2.45, 2.75) is 124 Å². The minimum absolute atomic E-state index is 0.00487. The van der Waals surface area contributed by atoms with Crippen molar-refractivity contribution in [3.8, 4) is 33.1 Å². The molecular weight excluding hydrogens is 1020 g/mol. The van der Waals surface area contributed by atoms with E-state index < -0.39 is 24.1 Å². The van der Waals surface area contributed by atoms with Gasteiger partial charge >= 0.3 is 0 Å². The number of amides is 4. The number of nitrogens with zero attached hydrogens (tertiary/aromatic N) is 4. The van der Waals surface area contributed by atoms with Crippen molar-refractivity contribution in [3.63, 3.8) is 0 Å². The molecule has 3 aliphatic rings. The topological polar surface area (TPSA) is 196 Å². The van der Waals surface area contributed by atoms with Crippen LogP contribution in [0.3, 0.4) is 0 Å². The van der Waals surface area contributed by atoms with Crippen molar-refractivity contribution in [3.05, 3.63) is 151 Å². The minimum atomic E-state index is -0.918. The summed E-state index contributed by atoms with van der Waals surface area (Å²) >= 11 is 1.54. The van der Waals surface area contributed by atoms with Gasteiger partial charge in [0.15, 0.2) is 0 Å². The lowest BCUT2D eigenvalue weighted by atomic mass is 9.95. The van der Waals surface area contributed by atoms with E-state index in [0.717, 1.165) is 80.3 Å². The van der Waals surface area contributed by atoms with Gasteiger partial charge in [0.25, 0.3) is 17.4 Å². The Hall–Kier alpha value is -7.34. The molecule has 16 nitrogen and oxygen atoms in total. The summed E-state index contributed by atoms with van der Waals surface area (Å²) in [5.41, 5.74) is 12.0. The zero-order valence-electron chi connectivity index (χ0n) is 46.4. The zero-order valence-corrected chi connectivity index (χ0v) is 47.2. The van der Waals surface area contributed by atoms with Crippen LogP contribution in [-0.2, 0) is 34.0 Å². The Kier molecular flexibility index (Phi) is 18.0. The molecule has 2 saturated heterocycles. The van der Waals surface area contributed by atoms with Crippen LogP contribution in [0, 0.1) is 33.6 Å². The molecule has 9 rings (SSSR count). The molecular formula is C62H73N7O9S. The van der Waals surface area contributed by atoms with Crippen LogP contribution >= 0.6 is 11.3 Å². The van der Waals surface area contributed by atoms with Gasteiger partial charge < -0.3 is 49.6 Å². The van der Waals surface area contributed by atoms with Crippen LogP contribution in [0.1, 0.15) is 113 Å². The number of anilines is 1. The fraction of sp³-hybridized carbons (Fsp3) is 0.419. The Labute approximate surface area is 466 Å². The van der Waals surface area contributed by atoms with Crippen LogP contribution in [0.5, 0.6) is 11.5 Å². The first-order valence-electron chi connectivity index (χ1n) is 27.6. The number of aliphatic hydroxyl groups excluding tert-OH is 1. The van der Waals surface area contributed by atoms with Gasteiger partial charge in [-0.3, -0.25) is 24.0 Å². The Morgan fingerprint density at radius 2 is 1.62 bits per heavy atom. The van der Waals surface area contributed by atoms with Gasteiger partial charge in [-0.25, -0.2) is 4.98 Å². The number of nitrogens with one attached hydrogen (secondary N) is 3. The second-order valence-electron chi connectivity index (χ2n) is 21.3. The Morgan fingerprint density at radius 3 is 2.32 bits per heavy atom. The van der Waals surface area contributed by atoms with E-state index in [9.17, 15) is 29.1 Å². The van der Waals surface area contributed by atoms with Crippen LogP contribution in [0.2, 0.25) is 0 Å². The highest BCUT2D eigenvalue weighted by Gasteiger charge is 2.46. The van der Waals surface area contributed by atoms with E-state index in [0.29, 0.717) is 74.0 Å². The number of ether oxygens (including phenoxy) is 3. The van der Waals surface area contributed by atoms with E-state index in [1.165, 1.54) is 16.2 Å². The number of β-amino-alcohol motifs (C(OH)–C–C–N with tert-alkyl or cyclic N) is 1. The van der Waals surface area contributed by atoms with E-state index in [4.69, 9.17) is 14.2 Å². The third kappa shape index (κ3) is 12.7. The van der Waals surface area contributed by atoms with E-state index >= 15 is 0 Å². The number of hydrogen-bond donors (Lipinski definition) is 4. The summed E-state index contributed by atoms with van der Waals surface area (Å²) in [6.45, 7) is 17.1. The molecule has 79 heavy (non-hydrogen) atoms. The molecule has 0 unspecified atom stereocenters. The largest absolute Gasteiger partial charge is 0.494 e. The van der Waals surface area contributed by atoms with Gasteiger partial charge in [-0.2, -0.15) is 0 Å². The van der Waals surface area contributed by atoms with Crippen molar-refractivity contribution in [1.82, 2.24) is 30.4 Å². The highest BCUT2D eigenvalue weighted by atomic mass is 32.1. The fourth-order valence-electron chi connectivity index (χ4n) is 11.3. The number of aryl methyl sites for hydroxylation is 3. The number of fused-ring (bicyclic) bond motifs is 1. The average molecular weight is 1090 g/mol. The lowest BCUT2D eigenvalue weighted by Crippen LogP contribution is -2.55. The molecule has 2 aromatic heterocycles. The Balaban J connectivity index is 0.831. The first-order valence-corrected chi connectivity index (χ1v) is 28.5. The van der Waals surface area contributed by atoms with Crippen LogP contribution < -0.4 is 30.6 Å². The van der Waals surface area contributed by atoms with Gasteiger partial charge in [0, 0.05) is 92.0 Å². The van der Waals surface area contributed by atoms with Crippen molar-refractivity contribution in [2.24, 2.45) is 5.92 Å². The summed E-state index contributed by atoms with van der Waals surface area (Å²) < 4.78 is 18.4. The highest BCUT2D eigenvalue weighted by molar-refractivity contribution is 7.13. The molecule has 0 bridgehead atoms. The number of aliphatic hydroxyl groups is 1. The summed E-state index contributed by atoms with van der Waals surface area (Å²) in [5.74, 6) is -0.126. The SMILES string of the molecule is CCN(c1cc(-c2ccc(OCCCCOc3cc(-c4scnc4C)ccc3CNC(=O)[C@@H]3C[C@@H](O)CN3C(=O)[C@H](C(C)C)N3Cc4ccccc4C3=O)cc2)cc(C(=O)NCc2c(C)cc(C)[nH]c2=O)c1C)C1CCOCC1. The molecule has 416 valence electrons. The molecule has 2 fully saturated rings. The van der Waals surface area contributed by atoms with Crippen LogP contribution in [0.15, 0.2) is 95.2 Å². The summed E-state index contributed by atoms with van der Waals surface area (Å²) in [5, 5.41) is 16.9. The number of rotatable bonds is 21. The Morgan fingerprint density at radius 1 is 0.886 bits per heavy atom. The number of likely N-dealkylation sites (tertiary alicyclic amines) is 1. The summed E-state index contributed by atoms with van der Waals surface area (Å²) in [6, 6.07) is 25.7. The van der Waals surface area contributed by atoms with Crippen molar-refractivity contribution < 1.29 is 38.5 Å². The average Bonchev–Trinajstić information content (AvgIpc) is 4.33. The molecule has 4 N–H and O–H groups in total. The molecule has 4 aromatic carbocycles. The lowest BCUT2D eigenvalue weighted by molar-refractivity contribution is -0.143. The normalized spacial score (nSPS) is 16.7. The van der Waals surface area contributed by atoms with E-state index in [1.54, 1.807) is 11.0 Å². The number of unbranched alkanes of at least 4 members (excludes halogenated alkanes) is 1. The first-order chi connectivity index (χ1) is 38.1. The monoisotopic (exact) mass is 1090 g/mol. The molecule has 17 heteroatoms. The van der Waals surface area contributed by atoms with Crippen LogP contribution in [0.4, 0.5) is 5.69 Å². The van der Waals surface area contributed by atoms with Gasteiger partial charge in [0.2, 0.25) is 11.8 Å². The maximum absolute atomic E-state index is 14.4. The van der Waals surface area contributed by atoms with E-state index in [2.05, 4.69) is 38.5 Å².